The molecule has 18 heavy (non-hydrogen) atoms. The fourth-order valence-corrected chi connectivity index (χ4v) is 2.60. The van der Waals surface area contributed by atoms with E-state index in [0.717, 1.165) is 25.7 Å². The Morgan fingerprint density at radius 3 is 2.61 bits per heavy atom. The minimum Gasteiger partial charge on any atom is -0.377 e. The van der Waals surface area contributed by atoms with E-state index in [0.29, 0.717) is 0 Å². The van der Waals surface area contributed by atoms with E-state index in [-0.39, 0.29) is 21.9 Å². The molecule has 0 aromatic heterocycles. The van der Waals surface area contributed by atoms with Gasteiger partial charge in [-0.15, -0.1) is 0 Å². The Hall–Kier alpha value is -1.17. The molecule has 0 unspecified atom stereocenters. The highest BCUT2D eigenvalue weighted by atomic mass is 79.9. The van der Waals surface area contributed by atoms with Crippen LogP contribution in [0.1, 0.15) is 32.1 Å². The Balaban J connectivity index is 2.24. The van der Waals surface area contributed by atoms with Crippen LogP contribution in [0.3, 0.4) is 0 Å². The summed E-state index contributed by atoms with van der Waals surface area (Å²) in [7, 11) is 0. The summed E-state index contributed by atoms with van der Waals surface area (Å²) in [5, 5.41) is 14.0. The maximum atomic E-state index is 13.5. The highest BCUT2D eigenvalue weighted by Gasteiger charge is 2.21. The van der Waals surface area contributed by atoms with Gasteiger partial charge in [0, 0.05) is 18.2 Å². The molecule has 1 N–H and O–H groups in total. The predicted molar refractivity (Wildman–Crippen MR) is 71.3 cm³/mol. The largest absolute Gasteiger partial charge is 0.377 e. The Labute approximate surface area is 113 Å². The summed E-state index contributed by atoms with van der Waals surface area (Å²) in [6.45, 7) is 0. The van der Waals surface area contributed by atoms with E-state index in [4.69, 9.17) is 0 Å². The fraction of sp³-hybridized carbons (Fsp3) is 0.500. The molecule has 0 amide bonds. The third kappa shape index (κ3) is 2.98. The van der Waals surface area contributed by atoms with Crippen LogP contribution in [0.4, 0.5) is 15.8 Å². The van der Waals surface area contributed by atoms with Crippen LogP contribution in [-0.2, 0) is 0 Å². The molecule has 1 aliphatic rings. The minimum atomic E-state index is -0.491. The first-order valence-corrected chi connectivity index (χ1v) is 6.77. The molecule has 1 aliphatic carbocycles. The van der Waals surface area contributed by atoms with Gasteiger partial charge in [0.1, 0.15) is 11.5 Å². The van der Waals surface area contributed by atoms with Crippen molar-refractivity contribution in [3.8, 4) is 0 Å². The van der Waals surface area contributed by atoms with Crippen molar-refractivity contribution in [2.75, 3.05) is 5.32 Å². The van der Waals surface area contributed by atoms with Crippen molar-refractivity contribution in [3.05, 3.63) is 32.5 Å². The van der Waals surface area contributed by atoms with Crippen molar-refractivity contribution in [1.82, 2.24) is 0 Å². The molecule has 0 saturated heterocycles. The summed E-state index contributed by atoms with van der Waals surface area (Å²) in [6, 6.07) is 2.61. The molecule has 0 bridgehead atoms. The van der Waals surface area contributed by atoms with Gasteiger partial charge in [0.15, 0.2) is 0 Å². The lowest BCUT2D eigenvalue weighted by Gasteiger charge is -2.23. The van der Waals surface area contributed by atoms with Crippen molar-refractivity contribution in [3.63, 3.8) is 0 Å². The second-order valence-corrected chi connectivity index (χ2v) is 5.37. The van der Waals surface area contributed by atoms with Crippen LogP contribution in [0.5, 0.6) is 0 Å². The van der Waals surface area contributed by atoms with Crippen molar-refractivity contribution < 1.29 is 9.31 Å². The summed E-state index contributed by atoms with van der Waals surface area (Å²) in [5.74, 6) is -0.487. The molecular formula is C12H14BrFN2O2. The van der Waals surface area contributed by atoms with Crippen LogP contribution in [0.25, 0.3) is 0 Å². The van der Waals surface area contributed by atoms with E-state index in [9.17, 15) is 14.5 Å². The van der Waals surface area contributed by atoms with Crippen LogP contribution in [-0.4, -0.2) is 11.0 Å². The molecule has 0 aliphatic heterocycles. The van der Waals surface area contributed by atoms with Gasteiger partial charge < -0.3 is 5.32 Å². The highest BCUT2D eigenvalue weighted by molar-refractivity contribution is 9.10. The van der Waals surface area contributed by atoms with Crippen molar-refractivity contribution in [2.24, 2.45) is 0 Å². The monoisotopic (exact) mass is 316 g/mol. The van der Waals surface area contributed by atoms with E-state index < -0.39 is 10.7 Å². The third-order valence-corrected chi connectivity index (χ3v) is 3.81. The first-order chi connectivity index (χ1) is 8.58. The molecule has 6 heteroatoms. The van der Waals surface area contributed by atoms with Gasteiger partial charge in [0.05, 0.1) is 9.40 Å². The molecule has 1 aromatic rings. The molecule has 0 heterocycles. The number of hydrogen-bond acceptors (Lipinski definition) is 3. The zero-order valence-corrected chi connectivity index (χ0v) is 11.4. The lowest BCUT2D eigenvalue weighted by Crippen LogP contribution is -2.22. The number of anilines is 1. The number of hydrogen-bond donors (Lipinski definition) is 1. The first-order valence-electron chi connectivity index (χ1n) is 5.98. The number of halogens is 2. The maximum Gasteiger partial charge on any atom is 0.293 e. The van der Waals surface area contributed by atoms with Crippen molar-refractivity contribution in [2.45, 2.75) is 38.1 Å². The van der Waals surface area contributed by atoms with Gasteiger partial charge in [-0.3, -0.25) is 10.1 Å². The minimum absolute atomic E-state index is 0.0890. The lowest BCUT2D eigenvalue weighted by molar-refractivity contribution is -0.384. The molecule has 2 rings (SSSR count). The zero-order chi connectivity index (χ0) is 13.1. The molecule has 98 valence electrons. The van der Waals surface area contributed by atoms with Gasteiger partial charge in [-0.2, -0.15) is 0 Å². The summed E-state index contributed by atoms with van der Waals surface area (Å²) >= 11 is 2.97. The van der Waals surface area contributed by atoms with Gasteiger partial charge in [0.2, 0.25) is 0 Å². The predicted octanol–water partition coefficient (Wildman–Crippen LogP) is 4.24. The summed E-state index contributed by atoms with van der Waals surface area (Å²) in [6.07, 6.45) is 5.40. The number of nitro benzene ring substituents is 1. The molecule has 1 fully saturated rings. The summed E-state index contributed by atoms with van der Waals surface area (Å²) in [4.78, 5) is 10.5. The number of nitro groups is 1. The average molecular weight is 317 g/mol. The standard InChI is InChI=1S/C12H14BrFN2O2/c13-9-6-12(16(17)18)11(7-10(9)14)15-8-4-2-1-3-5-8/h6-8,15H,1-5H2. The van der Waals surface area contributed by atoms with Gasteiger partial charge in [-0.05, 0) is 28.8 Å². The second kappa shape index (κ2) is 5.65. The van der Waals surface area contributed by atoms with Gasteiger partial charge in [-0.1, -0.05) is 19.3 Å². The molecule has 0 spiro atoms. The molecule has 4 nitrogen and oxygen atoms in total. The molecule has 0 atom stereocenters. The van der Waals surface area contributed by atoms with Crippen LogP contribution in [0.15, 0.2) is 16.6 Å². The maximum absolute atomic E-state index is 13.5. The fourth-order valence-electron chi connectivity index (χ4n) is 2.27. The molecule has 1 aromatic carbocycles. The molecular weight excluding hydrogens is 303 g/mol. The average Bonchev–Trinajstić information content (AvgIpc) is 2.34. The normalized spacial score (nSPS) is 16.6. The van der Waals surface area contributed by atoms with E-state index >= 15 is 0 Å². The summed E-state index contributed by atoms with van der Waals surface area (Å²) in [5.41, 5.74) is 0.182. The zero-order valence-electron chi connectivity index (χ0n) is 9.79. The Kier molecular flexibility index (Phi) is 4.16. The second-order valence-electron chi connectivity index (χ2n) is 4.52. The van der Waals surface area contributed by atoms with E-state index in [1.54, 1.807) is 0 Å². The Bertz CT molecular complexity index is 462. The van der Waals surface area contributed by atoms with Crippen LogP contribution in [0, 0.1) is 15.9 Å². The highest BCUT2D eigenvalue weighted by Crippen LogP contribution is 2.32. The first kappa shape index (κ1) is 13.3. The SMILES string of the molecule is O=[N+]([O-])c1cc(Br)c(F)cc1NC1CCCCC1. The van der Waals surface area contributed by atoms with E-state index in [1.165, 1.54) is 18.6 Å². The lowest BCUT2D eigenvalue weighted by atomic mass is 9.95. The number of nitrogens with zero attached hydrogens (tertiary/aromatic N) is 1. The van der Waals surface area contributed by atoms with Crippen LogP contribution < -0.4 is 5.32 Å². The number of rotatable bonds is 3. The Morgan fingerprint density at radius 2 is 2.00 bits per heavy atom. The Morgan fingerprint density at radius 1 is 1.33 bits per heavy atom. The third-order valence-electron chi connectivity index (χ3n) is 3.20. The molecule has 0 radical (unpaired) electrons. The van der Waals surface area contributed by atoms with Crippen LogP contribution >= 0.6 is 15.9 Å². The van der Waals surface area contributed by atoms with E-state index in [1.807, 2.05) is 0 Å². The van der Waals surface area contributed by atoms with Crippen molar-refractivity contribution >= 4 is 27.3 Å². The smallest absolute Gasteiger partial charge is 0.293 e. The topological polar surface area (TPSA) is 55.2 Å². The summed E-state index contributed by atoms with van der Waals surface area (Å²) < 4.78 is 13.6. The van der Waals surface area contributed by atoms with E-state index in [2.05, 4.69) is 21.2 Å². The van der Waals surface area contributed by atoms with Gasteiger partial charge in [-0.25, -0.2) is 4.39 Å². The van der Waals surface area contributed by atoms with Gasteiger partial charge in [0.25, 0.3) is 5.69 Å². The van der Waals surface area contributed by atoms with Gasteiger partial charge >= 0.3 is 0 Å². The van der Waals surface area contributed by atoms with Crippen LogP contribution in [0.2, 0.25) is 0 Å². The quantitative estimate of drug-likeness (QED) is 0.670. The van der Waals surface area contributed by atoms with Crippen molar-refractivity contribution in [1.29, 1.82) is 0 Å². The number of nitrogens with one attached hydrogen (secondary N) is 1. The number of benzene rings is 1. The molecule has 1 saturated carbocycles.